The van der Waals surface area contributed by atoms with E-state index in [1.165, 1.54) is 19.3 Å². The zero-order valence-electron chi connectivity index (χ0n) is 11.6. The average molecular weight is 349 g/mol. The molecule has 110 valence electrons. The highest BCUT2D eigenvalue weighted by molar-refractivity contribution is 9.10. The maximum atomic E-state index is 12.1. The molecule has 0 spiro atoms. The van der Waals surface area contributed by atoms with Gasteiger partial charge in [0.15, 0.2) is 0 Å². The van der Waals surface area contributed by atoms with E-state index in [1.807, 2.05) is 6.07 Å². The van der Waals surface area contributed by atoms with Crippen LogP contribution < -0.4 is 10.6 Å². The summed E-state index contributed by atoms with van der Waals surface area (Å²) in [5.74, 6) is 0. The molecule has 2 aromatic rings. The smallest absolute Gasteiger partial charge is 0.319 e. The van der Waals surface area contributed by atoms with Gasteiger partial charge in [-0.25, -0.2) is 4.79 Å². The molecule has 0 aromatic carbocycles. The normalized spacial score (nSPS) is 15.9. The molecule has 5 nitrogen and oxygen atoms in total. The Hall–Kier alpha value is -1.69. The van der Waals surface area contributed by atoms with Gasteiger partial charge in [0.2, 0.25) is 0 Å². The molecule has 2 aromatic heterocycles. The van der Waals surface area contributed by atoms with Gasteiger partial charge in [-0.15, -0.1) is 0 Å². The molecule has 0 radical (unpaired) electrons. The maximum Gasteiger partial charge on any atom is 0.319 e. The van der Waals surface area contributed by atoms with Crippen molar-refractivity contribution in [2.45, 2.75) is 38.1 Å². The van der Waals surface area contributed by atoms with Gasteiger partial charge < -0.3 is 10.6 Å². The molecule has 2 N–H and O–H groups in total. The van der Waals surface area contributed by atoms with E-state index in [-0.39, 0.29) is 12.1 Å². The SMILES string of the molecule is O=C(Nc1ccnc2cc(Br)cnc12)NC1CCCCC1. The van der Waals surface area contributed by atoms with Crippen LogP contribution in [-0.2, 0) is 0 Å². The van der Waals surface area contributed by atoms with Crippen LogP contribution in [0.5, 0.6) is 0 Å². The van der Waals surface area contributed by atoms with Crippen LogP contribution in [0, 0.1) is 0 Å². The first kappa shape index (κ1) is 14.3. The van der Waals surface area contributed by atoms with Crippen molar-refractivity contribution in [2.75, 3.05) is 5.32 Å². The van der Waals surface area contributed by atoms with Crippen LogP contribution in [0.1, 0.15) is 32.1 Å². The number of halogens is 1. The quantitative estimate of drug-likeness (QED) is 0.866. The topological polar surface area (TPSA) is 66.9 Å². The maximum absolute atomic E-state index is 12.1. The molecule has 0 atom stereocenters. The molecule has 1 aliphatic rings. The molecular weight excluding hydrogens is 332 g/mol. The number of fused-ring (bicyclic) bond motifs is 1. The molecule has 1 aliphatic carbocycles. The highest BCUT2D eigenvalue weighted by Crippen LogP contribution is 2.22. The van der Waals surface area contributed by atoms with Crippen LogP contribution in [-0.4, -0.2) is 22.0 Å². The van der Waals surface area contributed by atoms with Gasteiger partial charge in [-0.1, -0.05) is 19.3 Å². The highest BCUT2D eigenvalue weighted by atomic mass is 79.9. The van der Waals surface area contributed by atoms with Crippen molar-refractivity contribution in [3.63, 3.8) is 0 Å². The van der Waals surface area contributed by atoms with Crippen LogP contribution in [0.4, 0.5) is 10.5 Å². The number of carbonyl (C=O) groups is 1. The van der Waals surface area contributed by atoms with E-state index in [9.17, 15) is 4.79 Å². The Kier molecular flexibility index (Phi) is 4.34. The second kappa shape index (κ2) is 6.39. The van der Waals surface area contributed by atoms with Gasteiger partial charge in [0.25, 0.3) is 0 Å². The molecule has 2 heterocycles. The number of rotatable bonds is 2. The lowest BCUT2D eigenvalue weighted by Gasteiger charge is -2.22. The first-order valence-corrected chi connectivity index (χ1v) is 7.99. The van der Waals surface area contributed by atoms with E-state index < -0.39 is 0 Å². The van der Waals surface area contributed by atoms with Gasteiger partial charge in [-0.3, -0.25) is 9.97 Å². The fourth-order valence-corrected chi connectivity index (χ4v) is 3.02. The fourth-order valence-electron chi connectivity index (χ4n) is 2.70. The van der Waals surface area contributed by atoms with Gasteiger partial charge in [0.05, 0.1) is 11.2 Å². The minimum absolute atomic E-state index is 0.167. The zero-order valence-corrected chi connectivity index (χ0v) is 13.2. The number of nitrogens with one attached hydrogen (secondary N) is 2. The van der Waals surface area contributed by atoms with E-state index in [0.717, 1.165) is 22.8 Å². The van der Waals surface area contributed by atoms with Crippen molar-refractivity contribution in [3.8, 4) is 0 Å². The van der Waals surface area contributed by atoms with Gasteiger partial charge >= 0.3 is 6.03 Å². The van der Waals surface area contributed by atoms with E-state index >= 15 is 0 Å². The third kappa shape index (κ3) is 3.50. The van der Waals surface area contributed by atoms with Crippen LogP contribution in [0.15, 0.2) is 29.0 Å². The summed E-state index contributed by atoms with van der Waals surface area (Å²) in [4.78, 5) is 20.7. The van der Waals surface area contributed by atoms with Crippen molar-refractivity contribution in [3.05, 3.63) is 29.0 Å². The number of amides is 2. The summed E-state index contributed by atoms with van der Waals surface area (Å²) in [6, 6.07) is 3.77. The van der Waals surface area contributed by atoms with Crippen molar-refractivity contribution in [1.29, 1.82) is 0 Å². The summed E-state index contributed by atoms with van der Waals surface area (Å²) in [5, 5.41) is 5.92. The van der Waals surface area contributed by atoms with Crippen molar-refractivity contribution >= 4 is 38.7 Å². The minimum Gasteiger partial charge on any atom is -0.335 e. The lowest BCUT2D eigenvalue weighted by molar-refractivity contribution is 0.244. The Balaban J connectivity index is 1.73. The Morgan fingerprint density at radius 1 is 1.24 bits per heavy atom. The summed E-state index contributed by atoms with van der Waals surface area (Å²) in [7, 11) is 0. The highest BCUT2D eigenvalue weighted by Gasteiger charge is 2.16. The lowest BCUT2D eigenvalue weighted by Crippen LogP contribution is -2.39. The number of nitrogens with zero attached hydrogens (tertiary/aromatic N) is 2. The van der Waals surface area contributed by atoms with Crippen LogP contribution in [0.2, 0.25) is 0 Å². The average Bonchev–Trinajstić information content (AvgIpc) is 2.48. The molecule has 3 rings (SSSR count). The summed E-state index contributed by atoms with van der Waals surface area (Å²) in [5.41, 5.74) is 2.13. The lowest BCUT2D eigenvalue weighted by atomic mass is 9.96. The van der Waals surface area contributed by atoms with Crippen molar-refractivity contribution in [1.82, 2.24) is 15.3 Å². The molecule has 2 amide bonds. The third-order valence-electron chi connectivity index (χ3n) is 3.73. The number of pyridine rings is 2. The fraction of sp³-hybridized carbons (Fsp3) is 0.400. The predicted molar refractivity (Wildman–Crippen MR) is 86.3 cm³/mol. The summed E-state index contributed by atoms with van der Waals surface area (Å²) < 4.78 is 0.867. The first-order valence-electron chi connectivity index (χ1n) is 7.20. The zero-order chi connectivity index (χ0) is 14.7. The monoisotopic (exact) mass is 348 g/mol. The number of carbonyl (C=O) groups excluding carboxylic acids is 1. The molecule has 0 saturated heterocycles. The van der Waals surface area contributed by atoms with Crippen LogP contribution >= 0.6 is 15.9 Å². The summed E-state index contributed by atoms with van der Waals surface area (Å²) >= 11 is 3.37. The molecular formula is C15H17BrN4O. The van der Waals surface area contributed by atoms with Gasteiger partial charge in [0.1, 0.15) is 5.52 Å². The predicted octanol–water partition coefficient (Wildman–Crippen LogP) is 3.85. The van der Waals surface area contributed by atoms with E-state index in [0.29, 0.717) is 11.2 Å². The Morgan fingerprint density at radius 2 is 2.05 bits per heavy atom. The minimum atomic E-state index is -0.167. The van der Waals surface area contributed by atoms with Crippen molar-refractivity contribution < 1.29 is 4.79 Å². The molecule has 21 heavy (non-hydrogen) atoms. The Bertz CT molecular complexity index is 655. The Labute approximate surface area is 131 Å². The van der Waals surface area contributed by atoms with Crippen LogP contribution in [0.3, 0.4) is 0 Å². The number of hydrogen-bond acceptors (Lipinski definition) is 3. The molecule has 0 aliphatic heterocycles. The number of hydrogen-bond donors (Lipinski definition) is 2. The van der Waals surface area contributed by atoms with Gasteiger partial charge in [-0.2, -0.15) is 0 Å². The Morgan fingerprint density at radius 3 is 2.86 bits per heavy atom. The first-order chi connectivity index (χ1) is 10.2. The summed E-state index contributed by atoms with van der Waals surface area (Å²) in [6.45, 7) is 0. The second-order valence-corrected chi connectivity index (χ2v) is 6.23. The second-order valence-electron chi connectivity index (χ2n) is 5.31. The molecule has 0 bridgehead atoms. The number of anilines is 1. The molecule has 1 saturated carbocycles. The molecule has 6 heteroatoms. The molecule has 0 unspecified atom stereocenters. The largest absolute Gasteiger partial charge is 0.335 e. The molecule has 1 fully saturated rings. The van der Waals surface area contributed by atoms with Crippen LogP contribution in [0.25, 0.3) is 11.0 Å². The third-order valence-corrected chi connectivity index (χ3v) is 4.17. The standard InChI is InChI=1S/C15H17BrN4O/c16-10-8-13-14(18-9-10)12(6-7-17-13)20-15(21)19-11-4-2-1-3-5-11/h6-9,11H,1-5H2,(H2,17,19,20,21). The van der Waals surface area contributed by atoms with Gasteiger partial charge in [0, 0.05) is 22.9 Å². The van der Waals surface area contributed by atoms with E-state index in [2.05, 4.69) is 36.5 Å². The number of urea groups is 1. The number of aromatic nitrogens is 2. The van der Waals surface area contributed by atoms with Gasteiger partial charge in [-0.05, 0) is 40.9 Å². The van der Waals surface area contributed by atoms with E-state index in [1.54, 1.807) is 18.5 Å². The van der Waals surface area contributed by atoms with E-state index in [4.69, 9.17) is 0 Å². The summed E-state index contributed by atoms with van der Waals surface area (Å²) in [6.07, 6.45) is 9.16. The van der Waals surface area contributed by atoms with Crippen molar-refractivity contribution in [2.24, 2.45) is 0 Å².